The fourth-order valence-electron chi connectivity index (χ4n) is 1.34. The van der Waals surface area contributed by atoms with Gasteiger partial charge in [0.1, 0.15) is 0 Å². The lowest BCUT2D eigenvalue weighted by atomic mass is 10.3. The molecule has 0 saturated carbocycles. The van der Waals surface area contributed by atoms with Gasteiger partial charge in [-0.3, -0.25) is 0 Å². The Hall–Kier alpha value is 0.640. The van der Waals surface area contributed by atoms with E-state index in [9.17, 15) is 0 Å². The van der Waals surface area contributed by atoms with Crippen LogP contribution in [-0.4, -0.2) is 0 Å². The molecule has 1 N–H and O–H groups in total. The highest BCUT2D eigenvalue weighted by atomic mass is 79.9. The first-order valence-electron chi connectivity index (χ1n) is 4.67. The van der Waals surface area contributed by atoms with Gasteiger partial charge in [-0.2, -0.15) is 0 Å². The van der Waals surface area contributed by atoms with E-state index in [1.807, 2.05) is 12.1 Å². The number of rotatable bonds is 3. The van der Waals surface area contributed by atoms with E-state index in [4.69, 9.17) is 0 Å². The van der Waals surface area contributed by atoms with Crippen LogP contribution < -0.4 is 5.32 Å². The Bertz CT molecular complexity index is 515. The van der Waals surface area contributed by atoms with Crippen LogP contribution in [-0.2, 0) is 6.54 Å². The summed E-state index contributed by atoms with van der Waals surface area (Å²) in [6, 6.07) is 6.17. The van der Waals surface area contributed by atoms with E-state index < -0.39 is 0 Å². The zero-order chi connectivity index (χ0) is 12.4. The molecule has 0 aliphatic carbocycles. The predicted molar refractivity (Wildman–Crippen MR) is 88.9 cm³/mol. The summed E-state index contributed by atoms with van der Waals surface area (Å²) in [6.07, 6.45) is 0. The van der Waals surface area contributed by atoms with E-state index in [-0.39, 0.29) is 0 Å². The van der Waals surface area contributed by atoms with Crippen molar-refractivity contribution in [1.82, 2.24) is 0 Å². The van der Waals surface area contributed by atoms with Crippen LogP contribution in [0.1, 0.15) is 5.56 Å². The van der Waals surface area contributed by atoms with E-state index in [0.717, 1.165) is 29.4 Å². The number of thiophene rings is 1. The minimum absolute atomic E-state index is 0.806. The lowest BCUT2D eigenvalue weighted by Crippen LogP contribution is -1.99. The largest absolute Gasteiger partial charge is 0.379 e. The van der Waals surface area contributed by atoms with Gasteiger partial charge in [0.2, 0.25) is 0 Å². The van der Waals surface area contributed by atoms with Gasteiger partial charge in [0.15, 0.2) is 0 Å². The summed E-state index contributed by atoms with van der Waals surface area (Å²) < 4.78 is 4.27. The highest BCUT2D eigenvalue weighted by Crippen LogP contribution is 2.34. The molecule has 1 nitrogen and oxygen atoms in total. The maximum Gasteiger partial charge on any atom is 0.0701 e. The van der Waals surface area contributed by atoms with E-state index in [2.05, 4.69) is 80.5 Å². The molecule has 0 radical (unpaired) electrons. The van der Waals surface area contributed by atoms with Gasteiger partial charge in [0.05, 0.1) is 9.47 Å². The average Bonchev–Trinajstić information content (AvgIpc) is 2.62. The molecule has 0 fully saturated rings. The molecule has 0 spiro atoms. The molecule has 0 aliphatic rings. The number of anilines is 1. The lowest BCUT2D eigenvalue weighted by Gasteiger charge is -2.10. The smallest absolute Gasteiger partial charge is 0.0701 e. The fraction of sp³-hybridized carbons (Fsp3) is 0.0909. The van der Waals surface area contributed by atoms with Crippen molar-refractivity contribution in [2.45, 2.75) is 6.54 Å². The summed E-state index contributed by atoms with van der Waals surface area (Å²) in [7, 11) is 0. The number of hydrogen-bond acceptors (Lipinski definition) is 2. The Balaban J connectivity index is 2.14. The second kappa shape index (κ2) is 6.19. The topological polar surface area (TPSA) is 12.0 Å². The SMILES string of the molecule is Brc1cc(Br)c(NCc2csc(Br)c2)c(Br)c1. The van der Waals surface area contributed by atoms with Crippen LogP contribution in [0.4, 0.5) is 5.69 Å². The Morgan fingerprint density at radius 3 is 2.18 bits per heavy atom. The van der Waals surface area contributed by atoms with Gasteiger partial charge in [-0.05, 0) is 76.9 Å². The average molecular weight is 505 g/mol. The van der Waals surface area contributed by atoms with E-state index >= 15 is 0 Å². The summed E-state index contributed by atoms with van der Waals surface area (Å²) in [5, 5.41) is 5.55. The maximum atomic E-state index is 3.55. The molecule has 1 aromatic heterocycles. The third-order valence-corrected chi connectivity index (χ3v) is 5.36. The monoisotopic (exact) mass is 501 g/mol. The summed E-state index contributed by atoms with van der Waals surface area (Å²) in [5.41, 5.74) is 2.33. The first-order chi connectivity index (χ1) is 8.06. The van der Waals surface area contributed by atoms with Crippen molar-refractivity contribution in [3.05, 3.63) is 46.3 Å². The Kier molecular flexibility index (Phi) is 5.12. The third-order valence-electron chi connectivity index (χ3n) is 2.10. The van der Waals surface area contributed by atoms with Crippen LogP contribution in [0.15, 0.2) is 40.8 Å². The van der Waals surface area contributed by atoms with Gasteiger partial charge in [0, 0.05) is 20.0 Å². The van der Waals surface area contributed by atoms with Gasteiger partial charge < -0.3 is 5.32 Å². The molecule has 0 saturated heterocycles. The molecule has 1 heterocycles. The minimum Gasteiger partial charge on any atom is -0.379 e. The Morgan fingerprint density at radius 1 is 1.00 bits per heavy atom. The van der Waals surface area contributed by atoms with E-state index in [1.165, 1.54) is 5.56 Å². The molecule has 0 atom stereocenters. The molecule has 2 rings (SSSR count). The Labute approximate surface area is 138 Å². The van der Waals surface area contributed by atoms with Crippen LogP contribution >= 0.6 is 75.1 Å². The van der Waals surface area contributed by atoms with Crippen LogP contribution in [0.3, 0.4) is 0 Å². The molecule has 0 amide bonds. The number of halogens is 4. The van der Waals surface area contributed by atoms with Crippen LogP contribution in [0, 0.1) is 0 Å². The normalized spacial score (nSPS) is 10.6. The van der Waals surface area contributed by atoms with Crippen molar-refractivity contribution in [3.8, 4) is 0 Å². The first kappa shape index (κ1) is 14.1. The van der Waals surface area contributed by atoms with Crippen LogP contribution in [0.5, 0.6) is 0 Å². The highest BCUT2D eigenvalue weighted by molar-refractivity contribution is 9.12. The quantitative estimate of drug-likeness (QED) is 0.509. The fourth-order valence-corrected chi connectivity index (χ4v) is 5.09. The van der Waals surface area contributed by atoms with Crippen LogP contribution in [0.2, 0.25) is 0 Å². The Morgan fingerprint density at radius 2 is 1.65 bits per heavy atom. The highest BCUT2D eigenvalue weighted by Gasteiger charge is 2.07. The van der Waals surface area contributed by atoms with Gasteiger partial charge in [-0.1, -0.05) is 15.9 Å². The number of hydrogen-bond donors (Lipinski definition) is 1. The van der Waals surface area contributed by atoms with Crippen molar-refractivity contribution >= 4 is 80.7 Å². The minimum atomic E-state index is 0.806. The molecular weight excluding hydrogens is 498 g/mol. The molecular formula is C11H7Br4NS. The molecule has 17 heavy (non-hydrogen) atoms. The molecule has 90 valence electrons. The van der Waals surface area contributed by atoms with E-state index in [0.29, 0.717) is 0 Å². The molecule has 6 heteroatoms. The molecule has 0 aliphatic heterocycles. The van der Waals surface area contributed by atoms with Crippen LogP contribution in [0.25, 0.3) is 0 Å². The number of nitrogens with one attached hydrogen (secondary N) is 1. The second-order valence-electron chi connectivity index (χ2n) is 3.36. The molecule has 1 aromatic carbocycles. The van der Waals surface area contributed by atoms with Gasteiger partial charge in [0.25, 0.3) is 0 Å². The molecule has 0 bridgehead atoms. The molecule has 0 unspecified atom stereocenters. The van der Waals surface area contributed by atoms with E-state index in [1.54, 1.807) is 11.3 Å². The van der Waals surface area contributed by atoms with Crippen molar-refractivity contribution < 1.29 is 0 Å². The lowest BCUT2D eigenvalue weighted by molar-refractivity contribution is 1.15. The zero-order valence-electron chi connectivity index (χ0n) is 8.44. The predicted octanol–water partition coefficient (Wildman–Crippen LogP) is 6.41. The van der Waals surface area contributed by atoms with Gasteiger partial charge in [-0.15, -0.1) is 11.3 Å². The second-order valence-corrected chi connectivity index (χ2v) is 8.27. The summed E-state index contributed by atoms with van der Waals surface area (Å²) in [5.74, 6) is 0. The van der Waals surface area contributed by atoms with Crippen molar-refractivity contribution in [1.29, 1.82) is 0 Å². The summed E-state index contributed by atoms with van der Waals surface area (Å²) >= 11 is 15.7. The zero-order valence-corrected chi connectivity index (χ0v) is 15.6. The van der Waals surface area contributed by atoms with Crippen molar-refractivity contribution in [3.63, 3.8) is 0 Å². The van der Waals surface area contributed by atoms with Gasteiger partial charge >= 0.3 is 0 Å². The summed E-state index contributed by atoms with van der Waals surface area (Å²) in [4.78, 5) is 0. The van der Waals surface area contributed by atoms with Crippen molar-refractivity contribution in [2.75, 3.05) is 5.32 Å². The number of benzene rings is 1. The summed E-state index contributed by atoms with van der Waals surface area (Å²) in [6.45, 7) is 0.806. The van der Waals surface area contributed by atoms with Crippen molar-refractivity contribution in [2.24, 2.45) is 0 Å². The van der Waals surface area contributed by atoms with Gasteiger partial charge in [-0.25, -0.2) is 0 Å². The first-order valence-corrected chi connectivity index (χ1v) is 8.73. The standard InChI is InChI=1S/C11H7Br4NS/c12-7-2-8(13)11(9(14)3-7)16-4-6-1-10(15)17-5-6/h1-3,5,16H,4H2. The third kappa shape index (κ3) is 3.80. The molecule has 2 aromatic rings. The maximum absolute atomic E-state index is 3.55.